The van der Waals surface area contributed by atoms with Crippen LogP contribution in [0.5, 0.6) is 0 Å². The molecule has 0 bridgehead atoms. The van der Waals surface area contributed by atoms with Crippen molar-refractivity contribution in [2.45, 2.75) is 33.4 Å². The summed E-state index contributed by atoms with van der Waals surface area (Å²) in [7, 11) is 0. The molecule has 0 aromatic heterocycles. The lowest BCUT2D eigenvalue weighted by molar-refractivity contribution is 0.238. The maximum Gasteiger partial charge on any atom is 0.315 e. The largest absolute Gasteiger partial charge is 0.336 e. The summed E-state index contributed by atoms with van der Waals surface area (Å²) < 4.78 is 13.2. The van der Waals surface area contributed by atoms with E-state index in [9.17, 15) is 9.18 Å². The molecule has 0 saturated heterocycles. The molecule has 0 aliphatic heterocycles. The fraction of sp³-hybridized carbons (Fsp3) is 0.417. The van der Waals surface area contributed by atoms with E-state index in [1.165, 1.54) is 6.07 Å². The van der Waals surface area contributed by atoms with Crippen molar-refractivity contribution in [3.8, 4) is 0 Å². The third-order valence-corrected chi connectivity index (χ3v) is 2.11. The first-order valence-corrected chi connectivity index (χ1v) is 5.28. The molecule has 1 aromatic rings. The Bertz CT molecular complexity index is 377. The highest BCUT2D eigenvalue weighted by Crippen LogP contribution is 2.08. The van der Waals surface area contributed by atoms with Gasteiger partial charge in [-0.2, -0.15) is 0 Å². The van der Waals surface area contributed by atoms with E-state index < -0.39 is 0 Å². The molecular weight excluding hydrogens is 207 g/mol. The van der Waals surface area contributed by atoms with Crippen molar-refractivity contribution in [3.63, 3.8) is 0 Å². The molecule has 4 heteroatoms. The van der Waals surface area contributed by atoms with Gasteiger partial charge in [0.15, 0.2) is 0 Å². The monoisotopic (exact) mass is 224 g/mol. The third kappa shape index (κ3) is 3.88. The smallest absolute Gasteiger partial charge is 0.315 e. The Morgan fingerprint density at radius 1 is 1.44 bits per heavy atom. The maximum atomic E-state index is 13.2. The van der Waals surface area contributed by atoms with Gasteiger partial charge in [0.05, 0.1) is 0 Å². The second-order valence-electron chi connectivity index (χ2n) is 4.07. The first-order valence-electron chi connectivity index (χ1n) is 5.28. The first-order chi connectivity index (χ1) is 7.49. The lowest BCUT2D eigenvalue weighted by Gasteiger charge is -2.10. The summed E-state index contributed by atoms with van der Waals surface area (Å²) >= 11 is 0. The number of halogens is 1. The number of hydrogen-bond acceptors (Lipinski definition) is 1. The average Bonchev–Trinajstić information content (AvgIpc) is 2.19. The summed E-state index contributed by atoms with van der Waals surface area (Å²) in [4.78, 5) is 11.3. The minimum atomic E-state index is -0.247. The minimum absolute atomic E-state index is 0.0924. The molecule has 0 radical (unpaired) electrons. The predicted octanol–water partition coefficient (Wildman–Crippen LogP) is 2.34. The average molecular weight is 224 g/mol. The molecule has 0 saturated carbocycles. The Balaban J connectivity index is 2.48. The molecule has 0 aliphatic rings. The van der Waals surface area contributed by atoms with Gasteiger partial charge in [-0.15, -0.1) is 0 Å². The SMILES string of the molecule is Cc1ccc(CNC(=O)NC(C)C)cc1F. The summed E-state index contributed by atoms with van der Waals surface area (Å²) in [6, 6.07) is 4.79. The van der Waals surface area contributed by atoms with Gasteiger partial charge in [0.2, 0.25) is 0 Å². The van der Waals surface area contributed by atoms with Crippen LogP contribution in [0.15, 0.2) is 18.2 Å². The molecule has 0 atom stereocenters. The normalized spacial score (nSPS) is 10.3. The molecule has 1 aromatic carbocycles. The molecule has 0 spiro atoms. The minimum Gasteiger partial charge on any atom is -0.336 e. The summed E-state index contributed by atoms with van der Waals surface area (Å²) in [6.45, 7) is 5.80. The van der Waals surface area contributed by atoms with Crippen molar-refractivity contribution in [1.29, 1.82) is 0 Å². The highest BCUT2D eigenvalue weighted by Gasteiger charge is 2.03. The van der Waals surface area contributed by atoms with Crippen molar-refractivity contribution in [2.75, 3.05) is 0 Å². The molecule has 2 amide bonds. The lowest BCUT2D eigenvalue weighted by atomic mass is 10.1. The number of urea groups is 1. The van der Waals surface area contributed by atoms with Gasteiger partial charge in [-0.05, 0) is 38.0 Å². The van der Waals surface area contributed by atoms with Gasteiger partial charge >= 0.3 is 6.03 Å². The quantitative estimate of drug-likeness (QED) is 0.813. The molecule has 0 heterocycles. The van der Waals surface area contributed by atoms with Crippen molar-refractivity contribution in [1.82, 2.24) is 10.6 Å². The van der Waals surface area contributed by atoms with Crippen molar-refractivity contribution >= 4 is 6.03 Å². The van der Waals surface area contributed by atoms with E-state index in [-0.39, 0.29) is 17.9 Å². The van der Waals surface area contributed by atoms with Crippen LogP contribution in [0.1, 0.15) is 25.0 Å². The van der Waals surface area contributed by atoms with Crippen LogP contribution in [0.4, 0.5) is 9.18 Å². The van der Waals surface area contributed by atoms with Gasteiger partial charge in [0.1, 0.15) is 5.82 Å². The fourth-order valence-corrected chi connectivity index (χ4v) is 1.24. The van der Waals surface area contributed by atoms with Crippen LogP contribution in [0.2, 0.25) is 0 Å². The van der Waals surface area contributed by atoms with Crippen LogP contribution in [0.25, 0.3) is 0 Å². The number of amides is 2. The molecular formula is C12H17FN2O. The van der Waals surface area contributed by atoms with E-state index in [1.807, 2.05) is 13.8 Å². The van der Waals surface area contributed by atoms with Crippen molar-refractivity contribution in [3.05, 3.63) is 35.1 Å². The Morgan fingerprint density at radius 2 is 2.12 bits per heavy atom. The second-order valence-corrected chi connectivity index (χ2v) is 4.07. The van der Waals surface area contributed by atoms with Crippen molar-refractivity contribution in [2.24, 2.45) is 0 Å². The highest BCUT2D eigenvalue weighted by atomic mass is 19.1. The predicted molar refractivity (Wildman–Crippen MR) is 61.6 cm³/mol. The zero-order chi connectivity index (χ0) is 12.1. The summed E-state index contributed by atoms with van der Waals surface area (Å²) in [5.41, 5.74) is 1.36. The van der Waals surface area contributed by atoms with Crippen LogP contribution in [-0.2, 0) is 6.54 Å². The van der Waals surface area contributed by atoms with Crippen LogP contribution < -0.4 is 10.6 Å². The molecule has 0 fully saturated rings. The van der Waals surface area contributed by atoms with Gasteiger partial charge in [-0.25, -0.2) is 9.18 Å². The van der Waals surface area contributed by atoms with Gasteiger partial charge in [-0.1, -0.05) is 12.1 Å². The van der Waals surface area contributed by atoms with E-state index in [2.05, 4.69) is 10.6 Å². The van der Waals surface area contributed by atoms with E-state index in [0.717, 1.165) is 5.56 Å². The van der Waals surface area contributed by atoms with E-state index in [0.29, 0.717) is 12.1 Å². The number of benzene rings is 1. The molecule has 2 N–H and O–H groups in total. The van der Waals surface area contributed by atoms with Crippen LogP contribution in [0.3, 0.4) is 0 Å². The summed E-state index contributed by atoms with van der Waals surface area (Å²) in [6.07, 6.45) is 0. The van der Waals surface area contributed by atoms with Crippen LogP contribution in [-0.4, -0.2) is 12.1 Å². The second kappa shape index (κ2) is 5.49. The molecule has 1 rings (SSSR count). The third-order valence-electron chi connectivity index (χ3n) is 2.11. The molecule has 88 valence electrons. The fourth-order valence-electron chi connectivity index (χ4n) is 1.24. The van der Waals surface area contributed by atoms with Gasteiger partial charge in [0, 0.05) is 12.6 Å². The summed E-state index contributed by atoms with van der Waals surface area (Å²) in [5, 5.41) is 5.36. The van der Waals surface area contributed by atoms with E-state index >= 15 is 0 Å². The molecule has 0 aliphatic carbocycles. The topological polar surface area (TPSA) is 41.1 Å². The standard InChI is InChI=1S/C12H17FN2O/c1-8(2)15-12(16)14-7-10-5-4-9(3)11(13)6-10/h4-6,8H,7H2,1-3H3,(H2,14,15,16). The van der Waals surface area contributed by atoms with Gasteiger partial charge < -0.3 is 10.6 Å². The van der Waals surface area contributed by atoms with Gasteiger partial charge in [-0.3, -0.25) is 0 Å². The Morgan fingerprint density at radius 3 is 2.69 bits per heavy atom. The Kier molecular flexibility index (Phi) is 4.28. The molecule has 0 unspecified atom stereocenters. The number of aryl methyl sites for hydroxylation is 1. The Hall–Kier alpha value is -1.58. The number of rotatable bonds is 3. The molecule has 16 heavy (non-hydrogen) atoms. The maximum absolute atomic E-state index is 13.2. The number of carbonyl (C=O) groups excluding carboxylic acids is 1. The number of hydrogen-bond donors (Lipinski definition) is 2. The van der Waals surface area contributed by atoms with Crippen LogP contribution in [0, 0.1) is 12.7 Å². The zero-order valence-corrected chi connectivity index (χ0v) is 9.80. The van der Waals surface area contributed by atoms with E-state index in [1.54, 1.807) is 19.1 Å². The lowest BCUT2D eigenvalue weighted by Crippen LogP contribution is -2.39. The number of carbonyl (C=O) groups is 1. The van der Waals surface area contributed by atoms with E-state index in [4.69, 9.17) is 0 Å². The highest BCUT2D eigenvalue weighted by molar-refractivity contribution is 5.74. The zero-order valence-electron chi connectivity index (χ0n) is 9.80. The Labute approximate surface area is 95.0 Å². The van der Waals surface area contributed by atoms with Gasteiger partial charge in [0.25, 0.3) is 0 Å². The summed E-state index contributed by atoms with van der Waals surface area (Å²) in [5.74, 6) is -0.247. The van der Waals surface area contributed by atoms with Crippen molar-refractivity contribution < 1.29 is 9.18 Å². The number of nitrogens with one attached hydrogen (secondary N) is 2. The van der Waals surface area contributed by atoms with Crippen LogP contribution >= 0.6 is 0 Å². The first kappa shape index (κ1) is 12.5. The molecule has 3 nitrogen and oxygen atoms in total.